The van der Waals surface area contributed by atoms with Crippen LogP contribution in [0.15, 0.2) is 0 Å². The van der Waals surface area contributed by atoms with Crippen LogP contribution in [0, 0.1) is 22.7 Å². The quantitative estimate of drug-likeness (QED) is 0.684. The lowest BCUT2D eigenvalue weighted by atomic mass is 9.59. The largest absolute Gasteiger partial charge is 0.369 e. The first-order chi connectivity index (χ1) is 5.64. The van der Waals surface area contributed by atoms with E-state index in [0.717, 1.165) is 19.3 Å². The van der Waals surface area contributed by atoms with E-state index in [2.05, 4.69) is 6.07 Å². The smallest absolute Gasteiger partial charge is 0.223 e. The summed E-state index contributed by atoms with van der Waals surface area (Å²) in [4.78, 5) is 11.0. The minimum absolute atomic E-state index is 0.195. The molecule has 1 saturated carbocycles. The fourth-order valence-electron chi connectivity index (χ4n) is 1.98. The van der Waals surface area contributed by atoms with Crippen molar-refractivity contribution in [2.75, 3.05) is 0 Å². The Hall–Kier alpha value is -1.04. The van der Waals surface area contributed by atoms with Crippen molar-refractivity contribution in [1.82, 2.24) is 0 Å². The molecule has 0 atom stereocenters. The zero-order chi connectivity index (χ0) is 9.19. The van der Waals surface area contributed by atoms with Gasteiger partial charge in [0.05, 0.1) is 6.07 Å². The van der Waals surface area contributed by atoms with E-state index in [9.17, 15) is 4.79 Å². The van der Waals surface area contributed by atoms with Crippen LogP contribution in [0.1, 0.15) is 32.6 Å². The van der Waals surface area contributed by atoms with Gasteiger partial charge in [-0.25, -0.2) is 0 Å². The van der Waals surface area contributed by atoms with Crippen LogP contribution in [0.4, 0.5) is 0 Å². The minimum Gasteiger partial charge on any atom is -0.369 e. The van der Waals surface area contributed by atoms with E-state index in [1.54, 1.807) is 0 Å². The van der Waals surface area contributed by atoms with Gasteiger partial charge in [0.25, 0.3) is 0 Å². The molecule has 1 amide bonds. The number of amides is 1. The summed E-state index contributed by atoms with van der Waals surface area (Å²) in [5.41, 5.74) is 5.00. The van der Waals surface area contributed by atoms with Gasteiger partial charge in [-0.1, -0.05) is 6.92 Å². The molecule has 0 aromatic heterocycles. The zero-order valence-corrected chi connectivity index (χ0v) is 7.34. The second-order valence-corrected chi connectivity index (χ2v) is 3.63. The monoisotopic (exact) mass is 166 g/mol. The molecule has 0 heterocycles. The number of rotatable bonds is 3. The van der Waals surface area contributed by atoms with Crippen LogP contribution < -0.4 is 5.73 Å². The second-order valence-electron chi connectivity index (χ2n) is 3.63. The molecule has 0 aromatic carbocycles. The number of hydrogen-bond donors (Lipinski definition) is 1. The van der Waals surface area contributed by atoms with E-state index < -0.39 is 0 Å². The first-order valence-electron chi connectivity index (χ1n) is 4.31. The molecular formula is C9H14N2O. The first-order valence-corrected chi connectivity index (χ1v) is 4.31. The van der Waals surface area contributed by atoms with Crippen molar-refractivity contribution in [2.45, 2.75) is 32.6 Å². The maximum atomic E-state index is 11.0. The Balaban J connectivity index is 2.48. The molecular weight excluding hydrogens is 152 g/mol. The van der Waals surface area contributed by atoms with E-state index >= 15 is 0 Å². The summed E-state index contributed by atoms with van der Waals surface area (Å²) in [5, 5.41) is 8.42. The molecule has 1 fully saturated rings. The minimum atomic E-state index is -0.276. The van der Waals surface area contributed by atoms with Gasteiger partial charge in [-0.2, -0.15) is 5.26 Å². The highest BCUT2D eigenvalue weighted by molar-refractivity contribution is 5.81. The van der Waals surface area contributed by atoms with Crippen molar-refractivity contribution >= 4 is 5.91 Å². The topological polar surface area (TPSA) is 66.9 Å². The van der Waals surface area contributed by atoms with Gasteiger partial charge >= 0.3 is 0 Å². The number of carbonyl (C=O) groups is 1. The van der Waals surface area contributed by atoms with Gasteiger partial charge < -0.3 is 5.73 Å². The first kappa shape index (κ1) is 9.05. The highest BCUT2D eigenvalue weighted by Crippen LogP contribution is 2.49. The average Bonchev–Trinajstić information content (AvgIpc) is 1.95. The van der Waals surface area contributed by atoms with Gasteiger partial charge in [0, 0.05) is 11.8 Å². The number of nitriles is 1. The van der Waals surface area contributed by atoms with E-state index in [1.165, 1.54) is 0 Å². The molecule has 3 nitrogen and oxygen atoms in total. The standard InChI is InChI=1S/C9H14N2O/c1-2-9(8(11)12)5-7(6-9)3-4-10/h7H,2-3,5-6H2,1H3,(H2,11,12). The zero-order valence-electron chi connectivity index (χ0n) is 7.34. The molecule has 0 aromatic rings. The van der Waals surface area contributed by atoms with Gasteiger partial charge in [0.2, 0.25) is 5.91 Å². The number of carbonyl (C=O) groups excluding carboxylic acids is 1. The van der Waals surface area contributed by atoms with Gasteiger partial charge in [-0.3, -0.25) is 4.79 Å². The lowest BCUT2D eigenvalue weighted by molar-refractivity contribution is -0.136. The highest BCUT2D eigenvalue weighted by atomic mass is 16.1. The molecule has 0 aliphatic heterocycles. The Morgan fingerprint density at radius 2 is 2.33 bits per heavy atom. The lowest BCUT2D eigenvalue weighted by Gasteiger charge is -2.44. The highest BCUT2D eigenvalue weighted by Gasteiger charge is 2.46. The SMILES string of the molecule is CCC1(C(N)=O)CC(CC#N)C1. The number of primary amides is 1. The van der Waals surface area contributed by atoms with E-state index in [-0.39, 0.29) is 11.3 Å². The maximum absolute atomic E-state index is 11.0. The molecule has 0 bridgehead atoms. The van der Waals surface area contributed by atoms with Gasteiger partial charge in [0.1, 0.15) is 0 Å². The molecule has 0 unspecified atom stereocenters. The number of nitrogens with zero attached hydrogens (tertiary/aromatic N) is 1. The molecule has 66 valence electrons. The van der Waals surface area contributed by atoms with Crippen molar-refractivity contribution < 1.29 is 4.79 Å². The van der Waals surface area contributed by atoms with Gasteiger partial charge in [0.15, 0.2) is 0 Å². The summed E-state index contributed by atoms with van der Waals surface area (Å²) in [6, 6.07) is 2.12. The Morgan fingerprint density at radius 3 is 2.67 bits per heavy atom. The van der Waals surface area contributed by atoms with E-state index in [0.29, 0.717) is 12.3 Å². The predicted octanol–water partition coefficient (Wildman–Crippen LogP) is 1.19. The molecule has 12 heavy (non-hydrogen) atoms. The van der Waals surface area contributed by atoms with Crippen LogP contribution in [0.3, 0.4) is 0 Å². The normalized spacial score (nSPS) is 33.5. The Labute approximate surface area is 72.5 Å². The summed E-state index contributed by atoms with van der Waals surface area (Å²) < 4.78 is 0. The third kappa shape index (κ3) is 1.29. The van der Waals surface area contributed by atoms with Crippen molar-refractivity contribution in [3.8, 4) is 6.07 Å². The molecule has 0 radical (unpaired) electrons. The van der Waals surface area contributed by atoms with Crippen molar-refractivity contribution in [1.29, 1.82) is 5.26 Å². The van der Waals surface area contributed by atoms with Gasteiger partial charge in [-0.05, 0) is 25.2 Å². The van der Waals surface area contributed by atoms with Crippen LogP contribution in [0.5, 0.6) is 0 Å². The van der Waals surface area contributed by atoms with Crippen LogP contribution in [0.25, 0.3) is 0 Å². The number of hydrogen-bond acceptors (Lipinski definition) is 2. The summed E-state index contributed by atoms with van der Waals surface area (Å²) in [6.07, 6.45) is 3.00. The predicted molar refractivity (Wildman–Crippen MR) is 44.9 cm³/mol. The molecule has 1 aliphatic carbocycles. The summed E-state index contributed by atoms with van der Waals surface area (Å²) in [7, 11) is 0. The third-order valence-electron chi connectivity index (χ3n) is 2.94. The van der Waals surface area contributed by atoms with E-state index in [4.69, 9.17) is 11.0 Å². The maximum Gasteiger partial charge on any atom is 0.223 e. The third-order valence-corrected chi connectivity index (χ3v) is 2.94. The van der Waals surface area contributed by atoms with Crippen molar-refractivity contribution in [2.24, 2.45) is 17.1 Å². The Bertz CT molecular complexity index is 223. The van der Waals surface area contributed by atoms with Crippen molar-refractivity contribution in [3.05, 3.63) is 0 Å². The molecule has 0 saturated heterocycles. The number of nitrogens with two attached hydrogens (primary N) is 1. The lowest BCUT2D eigenvalue weighted by Crippen LogP contribution is -2.47. The molecule has 1 aliphatic rings. The molecule has 1 rings (SSSR count). The molecule has 3 heteroatoms. The molecule has 2 N–H and O–H groups in total. The summed E-state index contributed by atoms with van der Waals surface area (Å²) in [6.45, 7) is 1.98. The van der Waals surface area contributed by atoms with Crippen LogP contribution in [0.2, 0.25) is 0 Å². The summed E-state index contributed by atoms with van der Waals surface area (Å²) in [5.74, 6) is 0.210. The fourth-order valence-corrected chi connectivity index (χ4v) is 1.98. The van der Waals surface area contributed by atoms with Crippen molar-refractivity contribution in [3.63, 3.8) is 0 Å². The van der Waals surface area contributed by atoms with Crippen LogP contribution in [-0.4, -0.2) is 5.91 Å². The van der Waals surface area contributed by atoms with E-state index in [1.807, 2.05) is 6.92 Å². The fraction of sp³-hybridized carbons (Fsp3) is 0.778. The van der Waals surface area contributed by atoms with Crippen LogP contribution in [-0.2, 0) is 4.79 Å². The Kier molecular flexibility index (Phi) is 2.37. The summed E-state index contributed by atoms with van der Waals surface area (Å²) >= 11 is 0. The second kappa shape index (κ2) is 3.14. The van der Waals surface area contributed by atoms with Gasteiger partial charge in [-0.15, -0.1) is 0 Å². The average molecular weight is 166 g/mol. The van der Waals surface area contributed by atoms with Crippen LogP contribution >= 0.6 is 0 Å². The Morgan fingerprint density at radius 1 is 1.75 bits per heavy atom. The molecule has 0 spiro atoms.